The molecule has 5 nitrogen and oxygen atoms in total. The third-order valence-corrected chi connectivity index (χ3v) is 8.24. The number of amides is 2. The molecule has 0 aliphatic carbocycles. The molecule has 0 bridgehead atoms. The molecule has 3 aromatic rings. The molecule has 8 heteroatoms. The molecule has 3 heterocycles. The molecule has 0 fully saturated rings. The van der Waals surface area contributed by atoms with E-state index in [2.05, 4.69) is 79.8 Å². The van der Waals surface area contributed by atoms with E-state index in [0.717, 1.165) is 9.88 Å². The molecule has 2 aliphatic rings. The average Bonchev–Trinajstić information content (AvgIpc) is 3.17. The molecule has 1 radical (unpaired) electrons. The van der Waals surface area contributed by atoms with Gasteiger partial charge in [-0.25, -0.2) is 0 Å². The molecule has 2 amide bonds. The van der Waals surface area contributed by atoms with Crippen molar-refractivity contribution in [2.24, 2.45) is 4.99 Å². The summed E-state index contributed by atoms with van der Waals surface area (Å²) in [5.74, 6) is -0.973. The van der Waals surface area contributed by atoms with Crippen LogP contribution in [0.25, 0.3) is 6.08 Å². The molecule has 5 rings (SSSR count). The minimum absolute atomic E-state index is 0.0418. The first kappa shape index (κ1) is 18.6. The molecule has 29 heavy (non-hydrogen) atoms. The van der Waals surface area contributed by atoms with E-state index in [4.69, 9.17) is 0 Å². The van der Waals surface area contributed by atoms with Crippen LogP contribution in [0, 0.1) is 0 Å². The van der Waals surface area contributed by atoms with Crippen LogP contribution in [0.3, 0.4) is 0 Å². The van der Waals surface area contributed by atoms with Crippen LogP contribution in [-0.4, -0.2) is 47.5 Å². The van der Waals surface area contributed by atoms with Gasteiger partial charge in [-0.1, -0.05) is 0 Å². The Kier molecular flexibility index (Phi) is 4.74. The normalized spacial score (nSPS) is 16.9. The molecule has 0 saturated carbocycles. The zero-order valence-electron chi connectivity index (χ0n) is 14.8. The number of aliphatic imine (C=N–C) groups is 1. The summed E-state index contributed by atoms with van der Waals surface area (Å²) < 4.78 is 2.86. The molecule has 0 spiro atoms. The van der Waals surface area contributed by atoms with Gasteiger partial charge in [0.2, 0.25) is 0 Å². The monoisotopic (exact) mass is 530 g/mol. The molecular formula is C21H12N3O2SSe2. The first-order valence-electron chi connectivity index (χ1n) is 8.69. The second kappa shape index (κ2) is 7.41. The van der Waals surface area contributed by atoms with Crippen LogP contribution < -0.4 is 19.1 Å². The zero-order valence-corrected chi connectivity index (χ0v) is 19.0. The van der Waals surface area contributed by atoms with Crippen molar-refractivity contribution in [1.82, 2.24) is 5.32 Å². The number of amidine groups is 1. The molecule has 2 aliphatic heterocycles. The topological polar surface area (TPSA) is 61.8 Å². The van der Waals surface area contributed by atoms with E-state index in [9.17, 15) is 9.59 Å². The Morgan fingerprint density at radius 2 is 1.62 bits per heavy atom. The Bertz CT molecular complexity index is 1190. The number of hydrogen-bond donors (Lipinski definition) is 1. The van der Waals surface area contributed by atoms with Gasteiger partial charge in [-0.2, -0.15) is 0 Å². The van der Waals surface area contributed by atoms with Gasteiger partial charge in [0.15, 0.2) is 0 Å². The van der Waals surface area contributed by atoms with Crippen molar-refractivity contribution >= 4 is 90.2 Å². The van der Waals surface area contributed by atoms with Crippen LogP contribution in [0.1, 0.15) is 4.88 Å². The van der Waals surface area contributed by atoms with E-state index in [-0.39, 0.29) is 25.3 Å². The Labute approximate surface area is 185 Å². The first-order valence-corrected chi connectivity index (χ1v) is 12.1. The molecule has 0 unspecified atom stereocenters. The van der Waals surface area contributed by atoms with Crippen molar-refractivity contribution < 1.29 is 9.59 Å². The van der Waals surface area contributed by atoms with Gasteiger partial charge in [0, 0.05) is 0 Å². The van der Waals surface area contributed by atoms with E-state index in [1.54, 1.807) is 6.08 Å². The summed E-state index contributed by atoms with van der Waals surface area (Å²) in [5.41, 5.74) is 2.39. The van der Waals surface area contributed by atoms with Crippen molar-refractivity contribution in [1.29, 1.82) is 0 Å². The number of rotatable bonds is 2. The summed E-state index contributed by atoms with van der Waals surface area (Å²) in [6, 6.07) is 20.8. The number of carbonyl (C=O) groups excluding carboxylic acids is 2. The summed E-state index contributed by atoms with van der Waals surface area (Å²) in [5, 5.41) is 3.57. The Balaban J connectivity index is 1.58. The predicted octanol–water partition coefficient (Wildman–Crippen LogP) is 1.75. The third kappa shape index (κ3) is 3.39. The van der Waals surface area contributed by atoms with Crippen LogP contribution in [0.4, 0.5) is 16.4 Å². The number of thiophene rings is 1. The third-order valence-electron chi connectivity index (χ3n) is 4.45. The van der Waals surface area contributed by atoms with Gasteiger partial charge in [-0.05, 0) is 0 Å². The van der Waals surface area contributed by atoms with Crippen LogP contribution in [0.15, 0.2) is 71.2 Å². The summed E-state index contributed by atoms with van der Waals surface area (Å²) >= 11 is 4.35. The van der Waals surface area contributed by atoms with Crippen molar-refractivity contribution in [3.63, 3.8) is 0 Å². The summed E-state index contributed by atoms with van der Waals surface area (Å²) in [7, 11) is 0. The maximum atomic E-state index is 12.2. The van der Waals surface area contributed by atoms with Crippen LogP contribution in [0.2, 0.25) is 0 Å². The van der Waals surface area contributed by atoms with Crippen molar-refractivity contribution in [2.75, 3.05) is 4.90 Å². The molecule has 0 atom stereocenters. The van der Waals surface area contributed by atoms with Gasteiger partial charge in [-0.15, -0.1) is 0 Å². The molecule has 1 aromatic heterocycles. The Morgan fingerprint density at radius 1 is 0.966 bits per heavy atom. The Morgan fingerprint density at radius 3 is 2.28 bits per heavy atom. The second-order valence-electron chi connectivity index (χ2n) is 6.28. The van der Waals surface area contributed by atoms with Crippen LogP contribution in [0.5, 0.6) is 0 Å². The first-order chi connectivity index (χ1) is 14.1. The molecule has 141 valence electrons. The predicted molar refractivity (Wildman–Crippen MR) is 118 cm³/mol. The van der Waals surface area contributed by atoms with E-state index in [1.807, 2.05) is 12.1 Å². The maximum absolute atomic E-state index is 12.2. The fourth-order valence-corrected chi connectivity index (χ4v) is 6.76. The second-order valence-corrected chi connectivity index (χ2v) is 10.5. The van der Waals surface area contributed by atoms with Crippen molar-refractivity contribution in [2.45, 2.75) is 0 Å². The van der Waals surface area contributed by atoms with Crippen LogP contribution >= 0.6 is 11.3 Å². The molecule has 2 aromatic carbocycles. The van der Waals surface area contributed by atoms with Gasteiger partial charge in [0.25, 0.3) is 0 Å². The standard InChI is InChI=1S/C21H12N3O2SSe2/c25-19-13(20(26)23-21(28)22-19)11-12-9-10-18(27-12)24-14-5-1-3-7-16(14)29-17-8-4-2-6-15(17)24/h1-11H,(H,22,23,25,26). The number of hydrogen-bond acceptors (Lipinski definition) is 4. The number of nitrogens with one attached hydrogen (secondary N) is 1. The number of carbonyl (C=O) groups is 2. The number of nitrogens with zero attached hydrogens (tertiary/aromatic N) is 2. The van der Waals surface area contributed by atoms with Crippen molar-refractivity contribution in [3.05, 3.63) is 71.1 Å². The average molecular weight is 528 g/mol. The summed E-state index contributed by atoms with van der Waals surface area (Å²) in [6.07, 6.45) is 1.60. The van der Waals surface area contributed by atoms with E-state index in [1.165, 1.54) is 31.6 Å². The number of fused-ring (bicyclic) bond motifs is 2. The fourth-order valence-electron chi connectivity index (χ4n) is 3.19. The number of benzene rings is 2. The van der Waals surface area contributed by atoms with E-state index < -0.39 is 11.8 Å². The summed E-state index contributed by atoms with van der Waals surface area (Å²) in [4.78, 5) is 31.1. The summed E-state index contributed by atoms with van der Waals surface area (Å²) in [6.45, 7) is 0. The minimum atomic E-state index is -0.534. The van der Waals surface area contributed by atoms with Crippen LogP contribution in [-0.2, 0) is 9.59 Å². The Hall–Kier alpha value is -2.47. The molecular weight excluding hydrogens is 516 g/mol. The van der Waals surface area contributed by atoms with Crippen molar-refractivity contribution in [3.8, 4) is 0 Å². The zero-order chi connectivity index (χ0) is 20.0. The number of para-hydroxylation sites is 2. The number of anilines is 3. The fraction of sp³-hybridized carbons (Fsp3) is 0. The van der Waals surface area contributed by atoms with Gasteiger partial charge in [-0.3, -0.25) is 0 Å². The van der Waals surface area contributed by atoms with Gasteiger partial charge in [0.1, 0.15) is 0 Å². The molecule has 1 N–H and O–H groups in total. The quantitative estimate of drug-likeness (QED) is 0.245. The van der Waals surface area contributed by atoms with Gasteiger partial charge in [0.05, 0.1) is 0 Å². The van der Waals surface area contributed by atoms with Gasteiger partial charge < -0.3 is 0 Å². The molecule has 0 saturated heterocycles. The van der Waals surface area contributed by atoms with E-state index in [0.29, 0.717) is 0 Å². The SMILES string of the molecule is O=C1N=C([Se])NC(=O)/C1=C\c1ccc(N2c3ccccc3[Se]c3ccccc32)s1. The van der Waals surface area contributed by atoms with E-state index >= 15 is 0 Å². The van der Waals surface area contributed by atoms with Gasteiger partial charge >= 0.3 is 186 Å².